The Bertz CT molecular complexity index is 240. The molecule has 1 heterocycles. The van der Waals surface area contributed by atoms with Crippen LogP contribution in [0.5, 0.6) is 0 Å². The van der Waals surface area contributed by atoms with Crippen molar-refractivity contribution in [3.63, 3.8) is 0 Å². The van der Waals surface area contributed by atoms with Gasteiger partial charge in [0.15, 0.2) is 0 Å². The first-order valence-electron chi connectivity index (χ1n) is 6.30. The summed E-state index contributed by atoms with van der Waals surface area (Å²) in [5.74, 6) is 0.149. The van der Waals surface area contributed by atoms with Gasteiger partial charge in [0.2, 0.25) is 5.91 Å². The Morgan fingerprint density at radius 3 is 2.76 bits per heavy atom. The van der Waals surface area contributed by atoms with Crippen LogP contribution in [0.1, 0.15) is 19.8 Å². The topological polar surface area (TPSA) is 61.8 Å². The van der Waals surface area contributed by atoms with Crippen LogP contribution in [0.2, 0.25) is 0 Å². The number of ether oxygens (including phenoxy) is 1. The first-order chi connectivity index (χ1) is 8.20. The van der Waals surface area contributed by atoms with E-state index in [1.54, 1.807) is 12.0 Å². The molecule has 2 N–H and O–H groups in total. The molecular weight excluding hydrogens is 220 g/mol. The van der Waals surface area contributed by atoms with E-state index in [1.807, 2.05) is 0 Å². The summed E-state index contributed by atoms with van der Waals surface area (Å²) in [6, 6.07) is 0. The van der Waals surface area contributed by atoms with E-state index < -0.39 is 0 Å². The van der Waals surface area contributed by atoms with Crippen LogP contribution in [0.3, 0.4) is 0 Å². The summed E-state index contributed by atoms with van der Waals surface area (Å²) in [5, 5.41) is 12.3. The van der Waals surface area contributed by atoms with Gasteiger partial charge in [-0.05, 0) is 19.4 Å². The van der Waals surface area contributed by atoms with Gasteiger partial charge >= 0.3 is 0 Å². The molecule has 5 heteroatoms. The Morgan fingerprint density at radius 1 is 1.53 bits per heavy atom. The van der Waals surface area contributed by atoms with Crippen molar-refractivity contribution in [1.82, 2.24) is 10.2 Å². The third-order valence-corrected chi connectivity index (χ3v) is 3.60. The molecule has 1 amide bonds. The van der Waals surface area contributed by atoms with Gasteiger partial charge in [-0.2, -0.15) is 0 Å². The predicted octanol–water partition coefficient (Wildman–Crippen LogP) is -0.157. The fourth-order valence-corrected chi connectivity index (χ4v) is 2.35. The van der Waals surface area contributed by atoms with Gasteiger partial charge in [-0.15, -0.1) is 0 Å². The first-order valence-corrected chi connectivity index (χ1v) is 6.30. The quantitative estimate of drug-likeness (QED) is 0.653. The molecule has 1 rings (SSSR count). The van der Waals surface area contributed by atoms with Crippen LogP contribution >= 0.6 is 0 Å². The van der Waals surface area contributed by atoms with E-state index in [9.17, 15) is 4.79 Å². The second-order valence-electron chi connectivity index (χ2n) is 4.57. The summed E-state index contributed by atoms with van der Waals surface area (Å²) in [6.45, 7) is 5.16. The highest BCUT2D eigenvalue weighted by Crippen LogP contribution is 2.31. The second kappa shape index (κ2) is 6.93. The van der Waals surface area contributed by atoms with Gasteiger partial charge in [0.05, 0.1) is 18.6 Å². The lowest BCUT2D eigenvalue weighted by Crippen LogP contribution is -2.47. The molecule has 5 nitrogen and oxygen atoms in total. The Morgan fingerprint density at radius 2 is 2.29 bits per heavy atom. The minimum Gasteiger partial charge on any atom is -0.395 e. The van der Waals surface area contributed by atoms with E-state index in [4.69, 9.17) is 9.84 Å². The number of amides is 1. The van der Waals surface area contributed by atoms with Crippen molar-refractivity contribution in [3.8, 4) is 0 Å². The van der Waals surface area contributed by atoms with Gasteiger partial charge in [-0.25, -0.2) is 0 Å². The number of carbonyl (C=O) groups is 1. The number of aliphatic hydroxyl groups excluding tert-OH is 1. The van der Waals surface area contributed by atoms with Crippen molar-refractivity contribution < 1.29 is 14.6 Å². The maximum atomic E-state index is 12.5. The van der Waals surface area contributed by atoms with E-state index in [0.29, 0.717) is 19.7 Å². The number of carbonyl (C=O) groups excluding carboxylic acids is 1. The average Bonchev–Trinajstić information content (AvgIpc) is 2.83. The molecule has 17 heavy (non-hydrogen) atoms. The van der Waals surface area contributed by atoms with Crippen LogP contribution in [0.15, 0.2) is 0 Å². The minimum atomic E-state index is -0.275. The molecule has 0 aliphatic carbocycles. The number of hydrogen-bond acceptors (Lipinski definition) is 4. The highest BCUT2D eigenvalue weighted by molar-refractivity contribution is 5.83. The molecular formula is C12H24N2O3. The normalized spacial score (nSPS) is 23.9. The van der Waals surface area contributed by atoms with Crippen LogP contribution < -0.4 is 5.32 Å². The SMILES string of the molecule is CCC1(C(=O)N(CCO)CCOC)CCNC1. The van der Waals surface area contributed by atoms with Crippen molar-refractivity contribution in [2.45, 2.75) is 19.8 Å². The maximum Gasteiger partial charge on any atom is 0.230 e. The second-order valence-corrected chi connectivity index (χ2v) is 4.57. The molecule has 1 aliphatic heterocycles. The van der Waals surface area contributed by atoms with E-state index in [0.717, 1.165) is 25.9 Å². The Labute approximate surface area is 103 Å². The van der Waals surface area contributed by atoms with Gasteiger partial charge in [0.1, 0.15) is 0 Å². The molecule has 1 fully saturated rings. The number of hydrogen-bond donors (Lipinski definition) is 2. The predicted molar refractivity (Wildman–Crippen MR) is 65.8 cm³/mol. The van der Waals surface area contributed by atoms with Gasteiger partial charge in [0, 0.05) is 26.7 Å². The van der Waals surface area contributed by atoms with Gasteiger partial charge in [-0.3, -0.25) is 4.79 Å². The lowest BCUT2D eigenvalue weighted by molar-refractivity contribution is -0.142. The zero-order valence-electron chi connectivity index (χ0n) is 10.9. The zero-order chi connectivity index (χ0) is 12.7. The third kappa shape index (κ3) is 3.40. The van der Waals surface area contributed by atoms with Crippen LogP contribution in [0, 0.1) is 5.41 Å². The molecule has 1 atom stereocenters. The summed E-state index contributed by atoms with van der Waals surface area (Å²) < 4.78 is 5.01. The van der Waals surface area contributed by atoms with Crippen LogP contribution in [-0.2, 0) is 9.53 Å². The fourth-order valence-electron chi connectivity index (χ4n) is 2.35. The van der Waals surface area contributed by atoms with E-state index in [1.165, 1.54) is 0 Å². The molecule has 0 aromatic heterocycles. The number of aliphatic hydroxyl groups is 1. The Balaban J connectivity index is 2.67. The molecule has 0 saturated carbocycles. The van der Waals surface area contributed by atoms with Gasteiger partial charge in [-0.1, -0.05) is 6.92 Å². The van der Waals surface area contributed by atoms with Crippen molar-refractivity contribution in [2.75, 3.05) is 46.5 Å². The number of nitrogens with one attached hydrogen (secondary N) is 1. The van der Waals surface area contributed by atoms with Crippen LogP contribution in [-0.4, -0.2) is 62.4 Å². The highest BCUT2D eigenvalue weighted by atomic mass is 16.5. The van der Waals surface area contributed by atoms with Crippen molar-refractivity contribution in [2.24, 2.45) is 5.41 Å². The monoisotopic (exact) mass is 244 g/mol. The molecule has 0 aromatic carbocycles. The van der Waals surface area contributed by atoms with Gasteiger partial charge < -0.3 is 20.1 Å². The molecule has 1 aliphatic rings. The maximum absolute atomic E-state index is 12.5. The third-order valence-electron chi connectivity index (χ3n) is 3.60. The van der Waals surface area contributed by atoms with Crippen molar-refractivity contribution in [1.29, 1.82) is 0 Å². The van der Waals surface area contributed by atoms with Crippen LogP contribution in [0.4, 0.5) is 0 Å². The average molecular weight is 244 g/mol. The van der Waals surface area contributed by atoms with E-state index in [2.05, 4.69) is 12.2 Å². The molecule has 0 spiro atoms. The molecule has 1 unspecified atom stereocenters. The van der Waals surface area contributed by atoms with Crippen LogP contribution in [0.25, 0.3) is 0 Å². The molecule has 1 saturated heterocycles. The standard InChI is InChI=1S/C12H24N2O3/c1-3-12(4-5-13-10-12)11(16)14(6-8-15)7-9-17-2/h13,15H,3-10H2,1-2H3. The number of nitrogens with zero attached hydrogens (tertiary/aromatic N) is 1. The van der Waals surface area contributed by atoms with E-state index in [-0.39, 0.29) is 17.9 Å². The number of methoxy groups -OCH3 is 1. The molecule has 0 bridgehead atoms. The Hall–Kier alpha value is -0.650. The molecule has 100 valence electrons. The molecule has 0 aromatic rings. The minimum absolute atomic E-state index is 0.00266. The smallest absolute Gasteiger partial charge is 0.230 e. The largest absolute Gasteiger partial charge is 0.395 e. The summed E-state index contributed by atoms with van der Waals surface area (Å²) in [4.78, 5) is 14.2. The Kier molecular flexibility index (Phi) is 5.88. The first kappa shape index (κ1) is 14.4. The van der Waals surface area contributed by atoms with Crippen molar-refractivity contribution >= 4 is 5.91 Å². The number of rotatable bonds is 7. The van der Waals surface area contributed by atoms with Crippen molar-refractivity contribution in [3.05, 3.63) is 0 Å². The zero-order valence-corrected chi connectivity index (χ0v) is 10.9. The molecule has 0 radical (unpaired) electrons. The highest BCUT2D eigenvalue weighted by Gasteiger charge is 2.41. The summed E-state index contributed by atoms with van der Waals surface area (Å²) in [5.41, 5.74) is -0.275. The lowest BCUT2D eigenvalue weighted by Gasteiger charge is -2.32. The summed E-state index contributed by atoms with van der Waals surface area (Å²) in [6.07, 6.45) is 1.73. The van der Waals surface area contributed by atoms with E-state index >= 15 is 0 Å². The fraction of sp³-hybridized carbons (Fsp3) is 0.917. The summed E-state index contributed by atoms with van der Waals surface area (Å²) >= 11 is 0. The summed E-state index contributed by atoms with van der Waals surface area (Å²) in [7, 11) is 1.62. The van der Waals surface area contributed by atoms with Gasteiger partial charge in [0.25, 0.3) is 0 Å². The lowest BCUT2D eigenvalue weighted by atomic mass is 9.82.